The maximum Gasteiger partial charge on any atom is 0.280 e. The lowest BCUT2D eigenvalue weighted by atomic mass is 10.1. The smallest absolute Gasteiger partial charge is 0.280 e. The fourth-order valence-electron chi connectivity index (χ4n) is 2.29. The van der Waals surface area contributed by atoms with Crippen LogP contribution in [0, 0.1) is 10.1 Å². The number of carbonyl (C=O) groups is 1. The number of carbonyl (C=O) groups excluding carboxylic acids is 1. The lowest BCUT2D eigenvalue weighted by Crippen LogP contribution is -2.17. The Labute approximate surface area is 147 Å². The molecular formula is C18H13N3O5. The number of hydrogen-bond donors (Lipinski definition) is 2. The Kier molecular flexibility index (Phi) is 4.75. The second-order valence-electron chi connectivity index (χ2n) is 5.19. The third kappa shape index (κ3) is 3.59. The molecule has 1 amide bonds. The van der Waals surface area contributed by atoms with Crippen molar-refractivity contribution in [1.82, 2.24) is 5.43 Å². The Bertz CT molecular complexity index is 994. The molecule has 2 aromatic carbocycles. The Morgan fingerprint density at radius 2 is 1.85 bits per heavy atom. The zero-order chi connectivity index (χ0) is 18.5. The van der Waals surface area contributed by atoms with Gasteiger partial charge in [0.25, 0.3) is 11.6 Å². The summed E-state index contributed by atoms with van der Waals surface area (Å²) in [6, 6.07) is 15.4. The molecule has 0 unspecified atom stereocenters. The number of furan rings is 1. The van der Waals surface area contributed by atoms with E-state index in [0.717, 1.165) is 0 Å². The minimum Gasteiger partial charge on any atom is -0.507 e. The molecule has 0 aliphatic rings. The molecular weight excluding hydrogens is 338 g/mol. The quantitative estimate of drug-likeness (QED) is 0.415. The van der Waals surface area contributed by atoms with E-state index in [0.29, 0.717) is 17.1 Å². The van der Waals surface area contributed by atoms with Crippen molar-refractivity contribution in [3.63, 3.8) is 0 Å². The fourth-order valence-corrected chi connectivity index (χ4v) is 2.29. The SMILES string of the molecule is O=C(N/N=C\c1ccc(-c2ccccc2[N+](=O)[O-])o1)c1ccccc1O. The molecule has 0 saturated heterocycles. The van der Waals surface area contributed by atoms with Gasteiger partial charge in [0.2, 0.25) is 0 Å². The predicted molar refractivity (Wildman–Crippen MR) is 94.0 cm³/mol. The summed E-state index contributed by atoms with van der Waals surface area (Å²) in [4.78, 5) is 22.5. The van der Waals surface area contributed by atoms with Crippen molar-refractivity contribution >= 4 is 17.8 Å². The number of nitro groups is 1. The van der Waals surface area contributed by atoms with E-state index in [-0.39, 0.29) is 17.0 Å². The summed E-state index contributed by atoms with van der Waals surface area (Å²) >= 11 is 0. The van der Waals surface area contributed by atoms with Gasteiger partial charge in [-0.2, -0.15) is 5.10 Å². The maximum atomic E-state index is 11.9. The number of hydrogen-bond acceptors (Lipinski definition) is 6. The number of rotatable bonds is 5. The molecule has 0 fully saturated rings. The molecule has 8 heteroatoms. The van der Waals surface area contributed by atoms with Crippen molar-refractivity contribution in [3.8, 4) is 17.1 Å². The van der Waals surface area contributed by atoms with Crippen molar-refractivity contribution in [2.75, 3.05) is 0 Å². The van der Waals surface area contributed by atoms with Gasteiger partial charge in [-0.1, -0.05) is 24.3 Å². The largest absolute Gasteiger partial charge is 0.507 e. The second-order valence-corrected chi connectivity index (χ2v) is 5.19. The Hall–Kier alpha value is -3.94. The second kappa shape index (κ2) is 7.31. The highest BCUT2D eigenvalue weighted by atomic mass is 16.6. The van der Waals surface area contributed by atoms with Crippen LogP contribution in [0.5, 0.6) is 5.75 Å². The number of nitrogens with one attached hydrogen (secondary N) is 1. The van der Waals surface area contributed by atoms with Crippen LogP contribution in [0.15, 0.2) is 70.2 Å². The Balaban J connectivity index is 1.73. The van der Waals surface area contributed by atoms with E-state index in [1.54, 1.807) is 42.5 Å². The maximum absolute atomic E-state index is 11.9. The van der Waals surface area contributed by atoms with Crippen LogP contribution in [0.1, 0.15) is 16.1 Å². The van der Waals surface area contributed by atoms with Gasteiger partial charge >= 0.3 is 0 Å². The zero-order valence-corrected chi connectivity index (χ0v) is 13.3. The van der Waals surface area contributed by atoms with Crippen molar-refractivity contribution in [2.45, 2.75) is 0 Å². The van der Waals surface area contributed by atoms with E-state index in [2.05, 4.69) is 10.5 Å². The first-order valence-electron chi connectivity index (χ1n) is 7.51. The van der Waals surface area contributed by atoms with Gasteiger partial charge in [-0.25, -0.2) is 5.43 Å². The van der Waals surface area contributed by atoms with Gasteiger partial charge in [-0.15, -0.1) is 0 Å². The van der Waals surface area contributed by atoms with Gasteiger partial charge < -0.3 is 9.52 Å². The zero-order valence-electron chi connectivity index (χ0n) is 13.3. The summed E-state index contributed by atoms with van der Waals surface area (Å²) in [5, 5.41) is 24.5. The normalized spacial score (nSPS) is 10.8. The van der Waals surface area contributed by atoms with Gasteiger partial charge in [0.1, 0.15) is 17.3 Å². The van der Waals surface area contributed by atoms with Crippen molar-refractivity contribution < 1.29 is 19.2 Å². The van der Waals surface area contributed by atoms with E-state index in [4.69, 9.17) is 4.42 Å². The predicted octanol–water partition coefficient (Wildman–Crippen LogP) is 3.32. The molecule has 1 aromatic heterocycles. The van der Waals surface area contributed by atoms with E-state index >= 15 is 0 Å². The summed E-state index contributed by atoms with van der Waals surface area (Å²) in [7, 11) is 0. The van der Waals surface area contributed by atoms with Crippen LogP contribution in [0.25, 0.3) is 11.3 Å². The highest BCUT2D eigenvalue weighted by molar-refractivity contribution is 5.97. The lowest BCUT2D eigenvalue weighted by molar-refractivity contribution is -0.384. The van der Waals surface area contributed by atoms with E-state index in [1.165, 1.54) is 24.4 Å². The van der Waals surface area contributed by atoms with Gasteiger partial charge in [0, 0.05) is 6.07 Å². The van der Waals surface area contributed by atoms with Gasteiger partial charge in [0.05, 0.1) is 22.3 Å². The third-order valence-electron chi connectivity index (χ3n) is 3.50. The first-order valence-corrected chi connectivity index (χ1v) is 7.51. The molecule has 0 saturated carbocycles. The molecule has 26 heavy (non-hydrogen) atoms. The summed E-state index contributed by atoms with van der Waals surface area (Å²) in [6.07, 6.45) is 1.26. The van der Waals surface area contributed by atoms with Gasteiger partial charge in [-0.3, -0.25) is 14.9 Å². The number of para-hydroxylation sites is 2. The number of phenols is 1. The molecule has 0 aliphatic heterocycles. The van der Waals surface area contributed by atoms with Crippen LogP contribution < -0.4 is 5.43 Å². The van der Waals surface area contributed by atoms with Crippen LogP contribution in [0.4, 0.5) is 5.69 Å². The molecule has 0 radical (unpaired) electrons. The van der Waals surface area contributed by atoms with E-state index < -0.39 is 10.8 Å². The molecule has 0 aliphatic carbocycles. The monoisotopic (exact) mass is 351 g/mol. The van der Waals surface area contributed by atoms with Gasteiger partial charge in [0.15, 0.2) is 0 Å². The minimum absolute atomic E-state index is 0.0711. The first kappa shape index (κ1) is 16.9. The molecule has 2 N–H and O–H groups in total. The number of nitrogens with zero attached hydrogens (tertiary/aromatic N) is 2. The van der Waals surface area contributed by atoms with Crippen LogP contribution in [-0.4, -0.2) is 22.2 Å². The number of benzene rings is 2. The first-order chi connectivity index (χ1) is 12.6. The Morgan fingerprint density at radius 3 is 2.62 bits per heavy atom. The highest BCUT2D eigenvalue weighted by Gasteiger charge is 2.16. The van der Waals surface area contributed by atoms with Crippen molar-refractivity contribution in [2.24, 2.45) is 5.10 Å². The average molecular weight is 351 g/mol. The summed E-state index contributed by atoms with van der Waals surface area (Å²) < 4.78 is 5.52. The molecule has 8 nitrogen and oxygen atoms in total. The standard InChI is InChI=1S/C18H13N3O5/c22-16-8-4-2-6-14(16)18(23)20-19-11-12-9-10-17(26-12)13-5-1-3-7-15(13)21(24)25/h1-11,22H,(H,20,23)/b19-11-. The molecule has 130 valence electrons. The topological polar surface area (TPSA) is 118 Å². The van der Waals surface area contributed by atoms with Crippen LogP contribution in [0.3, 0.4) is 0 Å². The minimum atomic E-state index is -0.579. The number of phenolic OH excluding ortho intramolecular Hbond substituents is 1. The molecule has 0 bridgehead atoms. The van der Waals surface area contributed by atoms with Crippen LogP contribution in [0.2, 0.25) is 0 Å². The van der Waals surface area contributed by atoms with Crippen LogP contribution >= 0.6 is 0 Å². The Morgan fingerprint density at radius 1 is 1.12 bits per heavy atom. The third-order valence-corrected chi connectivity index (χ3v) is 3.50. The molecule has 0 atom stereocenters. The molecule has 3 rings (SSSR count). The van der Waals surface area contributed by atoms with E-state index in [1.807, 2.05) is 0 Å². The number of aromatic hydroxyl groups is 1. The summed E-state index contributed by atoms with van der Waals surface area (Å²) in [6.45, 7) is 0. The average Bonchev–Trinajstić information content (AvgIpc) is 3.10. The van der Waals surface area contributed by atoms with Crippen LogP contribution in [-0.2, 0) is 0 Å². The number of hydrazone groups is 1. The fraction of sp³-hybridized carbons (Fsp3) is 0. The summed E-state index contributed by atoms with van der Waals surface area (Å²) in [5.41, 5.74) is 2.63. The molecule has 0 spiro atoms. The molecule has 3 aromatic rings. The van der Waals surface area contributed by atoms with Crippen molar-refractivity contribution in [1.29, 1.82) is 0 Å². The van der Waals surface area contributed by atoms with E-state index in [9.17, 15) is 20.0 Å². The summed E-state index contributed by atoms with van der Waals surface area (Å²) in [5.74, 6) is -0.122. The highest BCUT2D eigenvalue weighted by Crippen LogP contribution is 2.30. The van der Waals surface area contributed by atoms with Gasteiger partial charge in [-0.05, 0) is 30.3 Å². The van der Waals surface area contributed by atoms with Crippen molar-refractivity contribution in [3.05, 3.63) is 82.1 Å². The lowest BCUT2D eigenvalue weighted by Gasteiger charge is -2.01. The number of amides is 1. The molecule has 1 heterocycles. The number of nitro benzene ring substituents is 1.